The fraction of sp³-hybridized carbons (Fsp3) is 0.455. The maximum absolute atomic E-state index is 11.8. The van der Waals surface area contributed by atoms with Crippen molar-refractivity contribution in [2.75, 3.05) is 24.0 Å². The van der Waals surface area contributed by atoms with Crippen molar-refractivity contribution in [3.63, 3.8) is 0 Å². The van der Waals surface area contributed by atoms with Crippen molar-refractivity contribution >= 4 is 23.4 Å². The van der Waals surface area contributed by atoms with Crippen LogP contribution in [0.15, 0.2) is 18.5 Å². The zero-order valence-corrected chi connectivity index (χ0v) is 10.7. The van der Waals surface area contributed by atoms with E-state index in [2.05, 4.69) is 22.0 Å². The van der Waals surface area contributed by atoms with Crippen LogP contribution in [0.25, 0.3) is 0 Å². The third-order valence-electron chi connectivity index (χ3n) is 2.28. The number of carbonyl (C=O) groups excluding carboxylic acids is 1. The first-order valence-corrected chi connectivity index (χ1v) is 6.86. The first-order chi connectivity index (χ1) is 8.29. The molecule has 0 saturated heterocycles. The number of hydrogen-bond donors (Lipinski definition) is 3. The normalized spacial score (nSPS) is 10.0. The summed E-state index contributed by atoms with van der Waals surface area (Å²) in [5.74, 6) is 6.30. The number of amides is 1. The predicted octanol–water partition coefficient (Wildman–Crippen LogP) is 1.24. The first kappa shape index (κ1) is 13.8. The highest BCUT2D eigenvalue weighted by atomic mass is 32.2. The number of anilines is 1. The molecule has 0 aliphatic carbocycles. The van der Waals surface area contributed by atoms with Crippen molar-refractivity contribution in [2.45, 2.75) is 12.8 Å². The van der Waals surface area contributed by atoms with Crippen LogP contribution in [0.2, 0.25) is 0 Å². The maximum atomic E-state index is 11.8. The molecular formula is C11H18N4OS. The smallest absolute Gasteiger partial charge is 0.255 e. The molecule has 0 spiro atoms. The molecule has 1 amide bonds. The van der Waals surface area contributed by atoms with Gasteiger partial charge < -0.3 is 10.7 Å². The van der Waals surface area contributed by atoms with E-state index in [0.29, 0.717) is 17.8 Å². The van der Waals surface area contributed by atoms with Crippen molar-refractivity contribution < 1.29 is 4.79 Å². The van der Waals surface area contributed by atoms with Crippen molar-refractivity contribution in [3.05, 3.63) is 24.0 Å². The summed E-state index contributed by atoms with van der Waals surface area (Å²) in [6, 6.07) is 1.67. The average molecular weight is 254 g/mol. The SMILES string of the molecule is CSCCCCNC(=O)c1cnccc1NN. The number of thioether (sulfide) groups is 1. The molecule has 6 heteroatoms. The summed E-state index contributed by atoms with van der Waals surface area (Å²) in [5.41, 5.74) is 3.54. The highest BCUT2D eigenvalue weighted by Gasteiger charge is 2.09. The topological polar surface area (TPSA) is 80.0 Å². The standard InChI is InChI=1S/C11H18N4OS/c1-17-7-3-2-5-14-11(16)9-8-13-6-4-10(9)15-12/h4,6,8H,2-3,5,7,12H2,1H3,(H,13,15)(H,14,16). The molecule has 0 unspecified atom stereocenters. The number of nitrogens with two attached hydrogens (primary N) is 1. The Bertz CT molecular complexity index is 359. The fourth-order valence-electron chi connectivity index (χ4n) is 1.37. The van der Waals surface area contributed by atoms with Crippen LogP contribution in [0, 0.1) is 0 Å². The minimum Gasteiger partial charge on any atom is -0.352 e. The summed E-state index contributed by atoms with van der Waals surface area (Å²) in [6.07, 6.45) is 7.26. The van der Waals surface area contributed by atoms with Crippen molar-refractivity contribution in [1.82, 2.24) is 10.3 Å². The van der Waals surface area contributed by atoms with Crippen LogP contribution in [-0.2, 0) is 0 Å². The van der Waals surface area contributed by atoms with Gasteiger partial charge in [0.1, 0.15) is 0 Å². The number of rotatable bonds is 7. The number of pyridine rings is 1. The Hall–Kier alpha value is -1.27. The number of hydrogen-bond acceptors (Lipinski definition) is 5. The molecule has 0 fully saturated rings. The molecule has 4 N–H and O–H groups in total. The summed E-state index contributed by atoms with van der Waals surface area (Å²) < 4.78 is 0. The average Bonchev–Trinajstić information content (AvgIpc) is 2.38. The quantitative estimate of drug-likeness (QED) is 0.387. The lowest BCUT2D eigenvalue weighted by atomic mass is 10.2. The van der Waals surface area contributed by atoms with Crippen LogP contribution in [0.5, 0.6) is 0 Å². The number of nitrogens with one attached hydrogen (secondary N) is 2. The van der Waals surface area contributed by atoms with Crippen LogP contribution < -0.4 is 16.6 Å². The molecule has 0 atom stereocenters. The van der Waals surface area contributed by atoms with Gasteiger partial charge in [-0.25, -0.2) is 0 Å². The number of aromatic nitrogens is 1. The number of nitrogen functional groups attached to an aromatic ring is 1. The van der Waals surface area contributed by atoms with E-state index in [-0.39, 0.29) is 5.91 Å². The van der Waals surface area contributed by atoms with Crippen molar-refractivity contribution in [2.24, 2.45) is 5.84 Å². The second kappa shape index (κ2) is 7.92. The van der Waals surface area contributed by atoms with Crippen LogP contribution in [-0.4, -0.2) is 29.4 Å². The molecule has 5 nitrogen and oxygen atoms in total. The van der Waals surface area contributed by atoms with E-state index >= 15 is 0 Å². The predicted molar refractivity (Wildman–Crippen MR) is 72.0 cm³/mol. The number of unbranched alkanes of at least 4 members (excludes halogenated alkanes) is 1. The summed E-state index contributed by atoms with van der Waals surface area (Å²) in [7, 11) is 0. The Morgan fingerprint density at radius 2 is 2.35 bits per heavy atom. The third-order valence-corrected chi connectivity index (χ3v) is 2.98. The van der Waals surface area contributed by atoms with E-state index in [9.17, 15) is 4.79 Å². The minimum atomic E-state index is -0.143. The Labute approximate surface area is 106 Å². The zero-order chi connectivity index (χ0) is 12.5. The van der Waals surface area contributed by atoms with Crippen molar-refractivity contribution in [3.8, 4) is 0 Å². The zero-order valence-electron chi connectivity index (χ0n) is 9.90. The first-order valence-electron chi connectivity index (χ1n) is 5.47. The lowest BCUT2D eigenvalue weighted by Crippen LogP contribution is -2.26. The molecule has 1 heterocycles. The van der Waals surface area contributed by atoms with Crippen LogP contribution in [0.4, 0.5) is 5.69 Å². The molecule has 17 heavy (non-hydrogen) atoms. The van der Waals surface area contributed by atoms with Gasteiger partial charge in [-0.3, -0.25) is 15.6 Å². The van der Waals surface area contributed by atoms with Gasteiger partial charge in [0.05, 0.1) is 11.3 Å². The molecule has 1 aromatic rings. The van der Waals surface area contributed by atoms with E-state index in [1.807, 2.05) is 11.8 Å². The largest absolute Gasteiger partial charge is 0.352 e. The van der Waals surface area contributed by atoms with Gasteiger partial charge in [0.15, 0.2) is 0 Å². The summed E-state index contributed by atoms with van der Waals surface area (Å²) in [4.78, 5) is 15.7. The summed E-state index contributed by atoms with van der Waals surface area (Å²) in [6.45, 7) is 0.679. The minimum absolute atomic E-state index is 0.143. The maximum Gasteiger partial charge on any atom is 0.255 e. The molecule has 1 rings (SSSR count). The van der Waals surface area contributed by atoms with Gasteiger partial charge in [0, 0.05) is 18.9 Å². The fourth-order valence-corrected chi connectivity index (χ4v) is 1.86. The van der Waals surface area contributed by atoms with Gasteiger partial charge in [-0.15, -0.1) is 0 Å². The molecule has 1 aromatic heterocycles. The number of nitrogens with zero attached hydrogens (tertiary/aromatic N) is 1. The van der Waals surface area contributed by atoms with E-state index in [1.54, 1.807) is 12.3 Å². The van der Waals surface area contributed by atoms with Crippen LogP contribution >= 0.6 is 11.8 Å². The van der Waals surface area contributed by atoms with Gasteiger partial charge >= 0.3 is 0 Å². The molecular weight excluding hydrogens is 236 g/mol. The molecule has 0 radical (unpaired) electrons. The van der Waals surface area contributed by atoms with E-state index in [1.165, 1.54) is 6.20 Å². The monoisotopic (exact) mass is 254 g/mol. The van der Waals surface area contributed by atoms with Crippen LogP contribution in [0.1, 0.15) is 23.2 Å². The number of carbonyl (C=O) groups is 1. The van der Waals surface area contributed by atoms with Gasteiger partial charge in [-0.05, 0) is 30.9 Å². The molecule has 0 saturated carbocycles. The lowest BCUT2D eigenvalue weighted by Gasteiger charge is -2.08. The molecule has 0 bridgehead atoms. The highest BCUT2D eigenvalue weighted by Crippen LogP contribution is 2.11. The molecule has 0 aromatic carbocycles. The Morgan fingerprint density at radius 1 is 1.53 bits per heavy atom. The van der Waals surface area contributed by atoms with Gasteiger partial charge in [-0.1, -0.05) is 0 Å². The Morgan fingerprint density at radius 3 is 3.06 bits per heavy atom. The Kier molecular flexibility index (Phi) is 6.42. The lowest BCUT2D eigenvalue weighted by molar-refractivity contribution is 0.0953. The van der Waals surface area contributed by atoms with E-state index in [4.69, 9.17) is 5.84 Å². The van der Waals surface area contributed by atoms with Gasteiger partial charge in [-0.2, -0.15) is 11.8 Å². The van der Waals surface area contributed by atoms with Crippen molar-refractivity contribution in [1.29, 1.82) is 0 Å². The highest BCUT2D eigenvalue weighted by molar-refractivity contribution is 7.98. The number of hydrazine groups is 1. The molecule has 0 aliphatic rings. The second-order valence-electron chi connectivity index (χ2n) is 3.52. The van der Waals surface area contributed by atoms with Gasteiger partial charge in [0.25, 0.3) is 5.91 Å². The van der Waals surface area contributed by atoms with E-state index < -0.39 is 0 Å². The molecule has 0 aliphatic heterocycles. The summed E-state index contributed by atoms with van der Waals surface area (Å²) >= 11 is 1.81. The van der Waals surface area contributed by atoms with Crippen LogP contribution in [0.3, 0.4) is 0 Å². The third kappa shape index (κ3) is 4.62. The summed E-state index contributed by atoms with van der Waals surface area (Å²) in [5, 5.41) is 2.85. The van der Waals surface area contributed by atoms with Gasteiger partial charge in [0.2, 0.25) is 0 Å². The molecule has 94 valence electrons. The second-order valence-corrected chi connectivity index (χ2v) is 4.51. The Balaban J connectivity index is 2.41. The van der Waals surface area contributed by atoms with E-state index in [0.717, 1.165) is 18.6 Å².